The van der Waals surface area contributed by atoms with Gasteiger partial charge in [-0.15, -0.1) is 0 Å². The Kier molecular flexibility index (Phi) is 4.19. The fraction of sp³-hybridized carbons (Fsp3) is 0.462. The Labute approximate surface area is 86.4 Å². The van der Waals surface area contributed by atoms with E-state index in [1.54, 1.807) is 0 Å². The molecule has 1 nitrogen and oxygen atoms in total. The van der Waals surface area contributed by atoms with E-state index in [-0.39, 0.29) is 5.92 Å². The molecule has 0 N–H and O–H groups in total. The molecule has 74 valence electrons. The Morgan fingerprint density at radius 3 is 2.43 bits per heavy atom. The monoisotopic (exact) mass is 187 g/mol. The Bertz CT molecular complexity index is 297. The summed E-state index contributed by atoms with van der Waals surface area (Å²) in [5, 5.41) is 8.87. The molecule has 1 heteroatoms. The molecule has 1 aromatic rings. The first kappa shape index (κ1) is 10.8. The summed E-state index contributed by atoms with van der Waals surface area (Å²) in [5.41, 5.74) is 1.33. The van der Waals surface area contributed by atoms with Crippen LogP contribution in [-0.4, -0.2) is 0 Å². The van der Waals surface area contributed by atoms with Gasteiger partial charge >= 0.3 is 0 Å². The lowest BCUT2D eigenvalue weighted by atomic mass is 9.90. The summed E-state index contributed by atoms with van der Waals surface area (Å²) in [6.45, 7) is 4.26. The zero-order chi connectivity index (χ0) is 10.4. The number of benzene rings is 1. The second kappa shape index (κ2) is 5.44. The average Bonchev–Trinajstić information content (AvgIpc) is 2.26. The number of hydrogen-bond donors (Lipinski definition) is 0. The second-order valence-corrected chi connectivity index (χ2v) is 3.78. The number of nitrogens with zero attached hydrogens (tertiary/aromatic N) is 1. The summed E-state index contributed by atoms with van der Waals surface area (Å²) in [6, 6.07) is 12.8. The summed E-state index contributed by atoms with van der Waals surface area (Å²) in [5.74, 6) is 0.686. The lowest BCUT2D eigenvalue weighted by Crippen LogP contribution is -2.02. The molecule has 0 amide bonds. The first-order valence-electron chi connectivity index (χ1n) is 5.22. The molecule has 0 saturated carbocycles. The highest BCUT2D eigenvalue weighted by Crippen LogP contribution is 2.24. The fourth-order valence-electron chi connectivity index (χ4n) is 1.66. The molecule has 1 rings (SSSR count). The highest BCUT2D eigenvalue weighted by Gasteiger charge is 2.11. The number of rotatable bonds is 4. The third kappa shape index (κ3) is 2.88. The van der Waals surface area contributed by atoms with Crippen molar-refractivity contribution in [3.8, 4) is 6.07 Å². The van der Waals surface area contributed by atoms with Crippen LogP contribution in [0.4, 0.5) is 0 Å². The predicted molar refractivity (Wildman–Crippen MR) is 58.9 cm³/mol. The Balaban J connectivity index is 2.59. The standard InChI is InChI=1S/C13H17N/c1-3-12(10-14)9-11(2)13-7-5-4-6-8-13/h4-8,11-12H,3,9H2,1-2H3/t11-,12?/m1/s1. The van der Waals surface area contributed by atoms with E-state index in [1.807, 2.05) is 6.07 Å². The van der Waals surface area contributed by atoms with E-state index >= 15 is 0 Å². The maximum absolute atomic E-state index is 8.87. The van der Waals surface area contributed by atoms with Crippen molar-refractivity contribution in [3.05, 3.63) is 35.9 Å². The van der Waals surface area contributed by atoms with Gasteiger partial charge in [0.25, 0.3) is 0 Å². The fourth-order valence-corrected chi connectivity index (χ4v) is 1.66. The molecule has 1 unspecified atom stereocenters. The highest BCUT2D eigenvalue weighted by atomic mass is 14.3. The minimum Gasteiger partial charge on any atom is -0.198 e. The van der Waals surface area contributed by atoms with Gasteiger partial charge in [0.05, 0.1) is 6.07 Å². The van der Waals surface area contributed by atoms with E-state index < -0.39 is 0 Å². The first-order valence-corrected chi connectivity index (χ1v) is 5.22. The SMILES string of the molecule is CCC(C#N)C[C@@H](C)c1ccccc1. The number of nitriles is 1. The normalized spacial score (nSPS) is 14.4. The Morgan fingerprint density at radius 1 is 1.29 bits per heavy atom. The van der Waals surface area contributed by atoms with Crippen molar-refractivity contribution in [2.45, 2.75) is 32.6 Å². The van der Waals surface area contributed by atoms with E-state index in [0.29, 0.717) is 5.92 Å². The molecule has 0 aliphatic carbocycles. The first-order chi connectivity index (χ1) is 6.77. The van der Waals surface area contributed by atoms with Gasteiger partial charge < -0.3 is 0 Å². The molecule has 0 radical (unpaired) electrons. The molecule has 0 bridgehead atoms. The minimum absolute atomic E-state index is 0.199. The van der Waals surface area contributed by atoms with Gasteiger partial charge in [0.2, 0.25) is 0 Å². The van der Waals surface area contributed by atoms with E-state index in [2.05, 4.69) is 44.2 Å². The summed E-state index contributed by atoms with van der Waals surface area (Å²) >= 11 is 0. The van der Waals surface area contributed by atoms with Gasteiger partial charge in [0.1, 0.15) is 0 Å². The third-order valence-electron chi connectivity index (χ3n) is 2.68. The summed E-state index contributed by atoms with van der Waals surface area (Å²) in [4.78, 5) is 0. The molecule has 0 spiro atoms. The molecule has 0 heterocycles. The summed E-state index contributed by atoms with van der Waals surface area (Å²) < 4.78 is 0. The topological polar surface area (TPSA) is 23.8 Å². The van der Waals surface area contributed by atoms with Crippen LogP contribution in [0, 0.1) is 17.2 Å². The number of hydrogen-bond acceptors (Lipinski definition) is 1. The molecule has 0 aliphatic rings. The zero-order valence-corrected chi connectivity index (χ0v) is 8.90. The van der Waals surface area contributed by atoms with Gasteiger partial charge in [0.15, 0.2) is 0 Å². The van der Waals surface area contributed by atoms with Crippen LogP contribution in [0.1, 0.15) is 38.2 Å². The minimum atomic E-state index is 0.199. The highest BCUT2D eigenvalue weighted by molar-refractivity contribution is 5.19. The van der Waals surface area contributed by atoms with E-state index in [0.717, 1.165) is 12.8 Å². The molecule has 1 aromatic carbocycles. The Morgan fingerprint density at radius 2 is 1.93 bits per heavy atom. The van der Waals surface area contributed by atoms with Crippen molar-refractivity contribution in [2.75, 3.05) is 0 Å². The van der Waals surface area contributed by atoms with Crippen molar-refractivity contribution in [2.24, 2.45) is 5.92 Å². The van der Waals surface area contributed by atoms with Crippen molar-refractivity contribution in [3.63, 3.8) is 0 Å². The predicted octanol–water partition coefficient (Wildman–Crippen LogP) is 3.73. The summed E-state index contributed by atoms with van der Waals surface area (Å²) in [6.07, 6.45) is 1.92. The van der Waals surface area contributed by atoms with Gasteiger partial charge in [-0.05, 0) is 24.3 Å². The van der Waals surface area contributed by atoms with Gasteiger partial charge in [-0.2, -0.15) is 5.26 Å². The van der Waals surface area contributed by atoms with E-state index in [9.17, 15) is 0 Å². The van der Waals surface area contributed by atoms with Crippen molar-refractivity contribution in [1.29, 1.82) is 5.26 Å². The maximum atomic E-state index is 8.87. The van der Waals surface area contributed by atoms with Crippen molar-refractivity contribution in [1.82, 2.24) is 0 Å². The zero-order valence-electron chi connectivity index (χ0n) is 8.90. The van der Waals surface area contributed by atoms with Crippen LogP contribution in [-0.2, 0) is 0 Å². The van der Waals surface area contributed by atoms with Crippen LogP contribution in [0.15, 0.2) is 30.3 Å². The van der Waals surface area contributed by atoms with Crippen LogP contribution < -0.4 is 0 Å². The van der Waals surface area contributed by atoms with Crippen LogP contribution in [0.25, 0.3) is 0 Å². The molecular weight excluding hydrogens is 170 g/mol. The molecule has 0 aromatic heterocycles. The molecule has 0 aliphatic heterocycles. The van der Waals surface area contributed by atoms with Crippen LogP contribution in [0.2, 0.25) is 0 Å². The summed E-state index contributed by atoms with van der Waals surface area (Å²) in [7, 11) is 0. The van der Waals surface area contributed by atoms with Crippen LogP contribution in [0.3, 0.4) is 0 Å². The van der Waals surface area contributed by atoms with Crippen LogP contribution in [0.5, 0.6) is 0 Å². The lowest BCUT2D eigenvalue weighted by Gasteiger charge is -2.14. The Hall–Kier alpha value is -1.29. The van der Waals surface area contributed by atoms with E-state index in [4.69, 9.17) is 5.26 Å². The smallest absolute Gasteiger partial charge is 0.0655 e. The molecule has 2 atom stereocenters. The molecule has 0 saturated heterocycles. The van der Waals surface area contributed by atoms with Gasteiger partial charge in [-0.1, -0.05) is 44.2 Å². The van der Waals surface area contributed by atoms with Gasteiger partial charge in [-0.3, -0.25) is 0 Å². The molecule has 0 fully saturated rings. The molecule has 14 heavy (non-hydrogen) atoms. The van der Waals surface area contributed by atoms with Gasteiger partial charge in [0, 0.05) is 5.92 Å². The average molecular weight is 187 g/mol. The van der Waals surface area contributed by atoms with Crippen LogP contribution >= 0.6 is 0 Å². The van der Waals surface area contributed by atoms with E-state index in [1.165, 1.54) is 5.56 Å². The largest absolute Gasteiger partial charge is 0.198 e. The lowest BCUT2D eigenvalue weighted by molar-refractivity contribution is 0.526. The van der Waals surface area contributed by atoms with Crippen molar-refractivity contribution >= 4 is 0 Å². The van der Waals surface area contributed by atoms with Crippen molar-refractivity contribution < 1.29 is 0 Å². The third-order valence-corrected chi connectivity index (χ3v) is 2.68. The quantitative estimate of drug-likeness (QED) is 0.704. The van der Waals surface area contributed by atoms with Gasteiger partial charge in [-0.25, -0.2) is 0 Å². The molecular formula is C13H17N. The second-order valence-electron chi connectivity index (χ2n) is 3.78. The maximum Gasteiger partial charge on any atom is 0.0655 e.